The molecule has 0 atom stereocenters. The Hall–Kier alpha value is -1.62. The number of hydrogen-bond acceptors (Lipinski definition) is 4. The molecule has 1 saturated heterocycles. The Morgan fingerprint density at radius 3 is 2.72 bits per heavy atom. The van der Waals surface area contributed by atoms with Crippen molar-refractivity contribution in [3.8, 4) is 0 Å². The van der Waals surface area contributed by atoms with Crippen molar-refractivity contribution in [2.24, 2.45) is 0 Å². The molecule has 18 heavy (non-hydrogen) atoms. The van der Waals surface area contributed by atoms with E-state index in [2.05, 4.69) is 39.2 Å². The van der Waals surface area contributed by atoms with Gasteiger partial charge in [0.1, 0.15) is 5.82 Å². The van der Waals surface area contributed by atoms with Crippen LogP contribution in [0.4, 0.5) is 5.82 Å². The van der Waals surface area contributed by atoms with Gasteiger partial charge in [-0.3, -0.25) is 4.40 Å². The number of nitrogens with zero attached hydrogens (tertiary/aromatic N) is 4. The van der Waals surface area contributed by atoms with Gasteiger partial charge in [-0.2, -0.15) is 0 Å². The van der Waals surface area contributed by atoms with Gasteiger partial charge in [-0.1, -0.05) is 13.8 Å². The first-order valence-electron chi connectivity index (χ1n) is 6.42. The Morgan fingerprint density at radius 1 is 1.22 bits per heavy atom. The summed E-state index contributed by atoms with van der Waals surface area (Å²) in [5.41, 5.74) is 1.25. The van der Waals surface area contributed by atoms with Crippen molar-refractivity contribution in [2.45, 2.75) is 19.8 Å². The lowest BCUT2D eigenvalue weighted by Crippen LogP contribution is -2.37. The number of imidazole rings is 1. The SMILES string of the molecule is CC(C)c1ccnc2ncc(N3CCOCC3)n12. The Bertz CT molecular complexity index is 543. The summed E-state index contributed by atoms with van der Waals surface area (Å²) in [7, 11) is 0. The summed E-state index contributed by atoms with van der Waals surface area (Å²) in [6.45, 7) is 7.78. The van der Waals surface area contributed by atoms with E-state index in [1.807, 2.05) is 12.4 Å². The predicted octanol–water partition coefficient (Wildman–Crippen LogP) is 1.69. The summed E-state index contributed by atoms with van der Waals surface area (Å²) in [5.74, 6) is 2.36. The second kappa shape index (κ2) is 4.57. The van der Waals surface area contributed by atoms with Crippen molar-refractivity contribution in [3.05, 3.63) is 24.2 Å². The molecule has 5 nitrogen and oxygen atoms in total. The topological polar surface area (TPSA) is 42.7 Å². The van der Waals surface area contributed by atoms with Gasteiger partial charge in [0.05, 0.1) is 19.4 Å². The molecule has 1 fully saturated rings. The zero-order valence-electron chi connectivity index (χ0n) is 10.8. The molecule has 0 saturated carbocycles. The first kappa shape index (κ1) is 11.5. The Morgan fingerprint density at radius 2 is 2.00 bits per heavy atom. The number of rotatable bonds is 2. The van der Waals surface area contributed by atoms with Gasteiger partial charge in [-0.05, 0) is 12.0 Å². The molecule has 3 rings (SSSR count). The van der Waals surface area contributed by atoms with Crippen LogP contribution in [0.2, 0.25) is 0 Å². The van der Waals surface area contributed by atoms with E-state index in [0.717, 1.165) is 37.9 Å². The average Bonchev–Trinajstić information content (AvgIpc) is 2.83. The average molecular weight is 246 g/mol. The zero-order chi connectivity index (χ0) is 12.5. The minimum atomic E-state index is 0.449. The van der Waals surface area contributed by atoms with E-state index >= 15 is 0 Å². The van der Waals surface area contributed by atoms with Gasteiger partial charge in [-0.25, -0.2) is 9.97 Å². The first-order valence-corrected chi connectivity index (χ1v) is 6.42. The summed E-state index contributed by atoms with van der Waals surface area (Å²) in [6.07, 6.45) is 3.75. The summed E-state index contributed by atoms with van der Waals surface area (Å²) in [5, 5.41) is 0. The van der Waals surface area contributed by atoms with Crippen LogP contribution in [-0.2, 0) is 4.74 Å². The highest BCUT2D eigenvalue weighted by atomic mass is 16.5. The van der Waals surface area contributed by atoms with Crippen LogP contribution < -0.4 is 4.90 Å². The normalized spacial score (nSPS) is 16.7. The second-order valence-corrected chi connectivity index (χ2v) is 4.88. The molecule has 2 aromatic heterocycles. The van der Waals surface area contributed by atoms with Gasteiger partial charge < -0.3 is 9.64 Å². The van der Waals surface area contributed by atoms with Crippen molar-refractivity contribution >= 4 is 11.6 Å². The molecule has 1 aliphatic heterocycles. The van der Waals surface area contributed by atoms with E-state index in [1.54, 1.807) is 0 Å². The van der Waals surface area contributed by atoms with Crippen LogP contribution in [-0.4, -0.2) is 40.7 Å². The maximum Gasteiger partial charge on any atom is 0.235 e. The first-order chi connectivity index (χ1) is 8.77. The Balaban J connectivity index is 2.11. The van der Waals surface area contributed by atoms with Gasteiger partial charge in [0.2, 0.25) is 5.78 Å². The number of morpholine rings is 1. The van der Waals surface area contributed by atoms with Crippen LogP contribution in [0.15, 0.2) is 18.5 Å². The molecule has 0 aliphatic carbocycles. The molecule has 5 heteroatoms. The summed E-state index contributed by atoms with van der Waals surface area (Å²) >= 11 is 0. The lowest BCUT2D eigenvalue weighted by Gasteiger charge is -2.28. The zero-order valence-corrected chi connectivity index (χ0v) is 10.8. The number of anilines is 1. The van der Waals surface area contributed by atoms with E-state index < -0.39 is 0 Å². The molecule has 0 aromatic carbocycles. The van der Waals surface area contributed by atoms with Crippen molar-refractivity contribution in [1.29, 1.82) is 0 Å². The van der Waals surface area contributed by atoms with Crippen LogP contribution in [0.1, 0.15) is 25.5 Å². The second-order valence-electron chi connectivity index (χ2n) is 4.88. The molecule has 96 valence electrons. The quantitative estimate of drug-likeness (QED) is 0.808. The fraction of sp³-hybridized carbons (Fsp3) is 0.538. The van der Waals surface area contributed by atoms with Crippen LogP contribution in [0.5, 0.6) is 0 Å². The number of ether oxygens (including phenoxy) is 1. The van der Waals surface area contributed by atoms with Gasteiger partial charge in [-0.15, -0.1) is 0 Å². The van der Waals surface area contributed by atoms with E-state index in [9.17, 15) is 0 Å². The van der Waals surface area contributed by atoms with Crippen LogP contribution in [0, 0.1) is 0 Å². The molecule has 0 unspecified atom stereocenters. The van der Waals surface area contributed by atoms with Crippen molar-refractivity contribution < 1.29 is 4.74 Å². The highest BCUT2D eigenvalue weighted by Crippen LogP contribution is 2.23. The molecule has 0 spiro atoms. The predicted molar refractivity (Wildman–Crippen MR) is 70.1 cm³/mol. The summed E-state index contributed by atoms with van der Waals surface area (Å²) in [6, 6.07) is 2.07. The third kappa shape index (κ3) is 1.84. The monoisotopic (exact) mass is 246 g/mol. The van der Waals surface area contributed by atoms with Crippen molar-refractivity contribution in [1.82, 2.24) is 14.4 Å². The standard InChI is InChI=1S/C13H18N4O/c1-10(2)11-3-4-14-13-15-9-12(17(11)13)16-5-7-18-8-6-16/h3-4,9-10H,5-8H2,1-2H3. The molecule has 2 aromatic rings. The van der Waals surface area contributed by atoms with Crippen molar-refractivity contribution in [2.75, 3.05) is 31.2 Å². The fourth-order valence-electron chi connectivity index (χ4n) is 2.39. The van der Waals surface area contributed by atoms with E-state index in [4.69, 9.17) is 4.74 Å². The van der Waals surface area contributed by atoms with Gasteiger partial charge >= 0.3 is 0 Å². The van der Waals surface area contributed by atoms with Gasteiger partial charge in [0.15, 0.2) is 0 Å². The van der Waals surface area contributed by atoms with E-state index in [1.165, 1.54) is 5.69 Å². The van der Waals surface area contributed by atoms with Crippen LogP contribution in [0.3, 0.4) is 0 Å². The minimum Gasteiger partial charge on any atom is -0.378 e. The maximum atomic E-state index is 5.40. The van der Waals surface area contributed by atoms with Gasteiger partial charge in [0, 0.05) is 25.0 Å². The summed E-state index contributed by atoms with van der Waals surface area (Å²) < 4.78 is 7.56. The smallest absolute Gasteiger partial charge is 0.235 e. The molecular weight excluding hydrogens is 228 g/mol. The lowest BCUT2D eigenvalue weighted by atomic mass is 10.1. The Labute approximate surface area is 106 Å². The van der Waals surface area contributed by atoms with Crippen LogP contribution >= 0.6 is 0 Å². The third-order valence-electron chi connectivity index (χ3n) is 3.34. The molecule has 0 N–H and O–H groups in total. The number of aromatic nitrogens is 3. The lowest BCUT2D eigenvalue weighted by molar-refractivity contribution is 0.122. The molecular formula is C13H18N4O. The molecule has 1 aliphatic rings. The minimum absolute atomic E-state index is 0.449. The molecule has 0 radical (unpaired) electrons. The number of hydrogen-bond donors (Lipinski definition) is 0. The number of fused-ring (bicyclic) bond motifs is 1. The van der Waals surface area contributed by atoms with Crippen LogP contribution in [0.25, 0.3) is 5.78 Å². The van der Waals surface area contributed by atoms with E-state index in [-0.39, 0.29) is 0 Å². The molecule has 0 bridgehead atoms. The highest BCUT2D eigenvalue weighted by Gasteiger charge is 2.18. The maximum absolute atomic E-state index is 5.40. The van der Waals surface area contributed by atoms with Crippen molar-refractivity contribution in [3.63, 3.8) is 0 Å². The molecule has 3 heterocycles. The van der Waals surface area contributed by atoms with E-state index in [0.29, 0.717) is 5.92 Å². The largest absolute Gasteiger partial charge is 0.378 e. The highest BCUT2D eigenvalue weighted by molar-refractivity contribution is 5.49. The Kier molecular flexibility index (Phi) is 2.91. The molecule has 0 amide bonds. The fourth-order valence-corrected chi connectivity index (χ4v) is 2.39. The third-order valence-corrected chi connectivity index (χ3v) is 3.34. The summed E-state index contributed by atoms with van der Waals surface area (Å²) in [4.78, 5) is 11.1. The van der Waals surface area contributed by atoms with Gasteiger partial charge in [0.25, 0.3) is 0 Å².